The molecule has 0 N–H and O–H groups in total. The zero-order chi connectivity index (χ0) is 14.5. The molecule has 112 valence electrons. The number of carbonyl (C=O) groups excluding carboxylic acids is 1. The van der Waals surface area contributed by atoms with Crippen molar-refractivity contribution in [2.45, 2.75) is 45.1 Å². The molecule has 1 aromatic rings. The Labute approximate surface area is 129 Å². The number of halogens is 1. The van der Waals surface area contributed by atoms with E-state index in [-0.39, 0.29) is 0 Å². The monoisotopic (exact) mass is 388 g/mol. The molecule has 1 aromatic carbocycles. The Kier molecular flexibility index (Phi) is 5.87. The van der Waals surface area contributed by atoms with Crippen LogP contribution >= 0.6 is 19.8 Å². The van der Waals surface area contributed by atoms with E-state index in [0.29, 0.717) is 9.89 Å². The van der Waals surface area contributed by atoms with E-state index in [2.05, 4.69) is 16.8 Å². The topological polar surface area (TPSA) is 26.3 Å². The van der Waals surface area contributed by atoms with Gasteiger partial charge in [-0.25, -0.2) is 0 Å². The van der Waals surface area contributed by atoms with Crippen LogP contribution in [-0.2, 0) is 0 Å². The first kappa shape index (κ1) is 15.8. The summed E-state index contributed by atoms with van der Waals surface area (Å²) >= 11 is -1.40. The van der Waals surface area contributed by atoms with Crippen LogP contribution in [-0.4, -0.2) is 19.8 Å². The zero-order valence-electron chi connectivity index (χ0n) is 12.7. The van der Waals surface area contributed by atoms with E-state index in [1.165, 1.54) is 32.1 Å². The second kappa shape index (κ2) is 7.43. The van der Waals surface area contributed by atoms with E-state index in [1.807, 2.05) is 24.3 Å². The fraction of sp³-hybridized carbons (Fsp3) is 0.588. The number of alkyl halides is 2. The second-order valence-electron chi connectivity index (χ2n) is 5.72. The van der Waals surface area contributed by atoms with Crippen LogP contribution in [0, 0.1) is 5.92 Å². The van der Waals surface area contributed by atoms with Gasteiger partial charge in [0.25, 0.3) is 0 Å². The molecule has 0 atom stereocenters. The van der Waals surface area contributed by atoms with E-state index in [4.69, 9.17) is 4.74 Å². The Morgan fingerprint density at radius 2 is 1.75 bits per heavy atom. The first-order valence-electron chi connectivity index (χ1n) is 7.41. The minimum absolute atomic E-state index is 0.351. The van der Waals surface area contributed by atoms with Gasteiger partial charge in [-0.2, -0.15) is 0 Å². The third-order valence-electron chi connectivity index (χ3n) is 4.10. The molecular formula is C17H25IO2. The molecule has 2 rings (SSSR count). The minimum atomic E-state index is -1.40. The molecular weight excluding hydrogens is 363 g/mol. The van der Waals surface area contributed by atoms with Crippen LogP contribution in [0.4, 0.5) is 0 Å². The molecule has 1 aliphatic rings. The summed E-state index contributed by atoms with van der Waals surface area (Å²) in [4.78, 5) is 16.1. The van der Waals surface area contributed by atoms with E-state index in [1.54, 1.807) is 0 Å². The molecule has 0 heterocycles. The molecule has 0 spiro atoms. The SMILES string of the molecule is CCC1CCC(Oc2ccc(C(=O)I(C)C)cc2)CC1. The van der Waals surface area contributed by atoms with Gasteiger partial charge in [-0.15, -0.1) is 0 Å². The number of rotatable bonds is 5. The Balaban J connectivity index is 1.90. The summed E-state index contributed by atoms with van der Waals surface area (Å²) in [5.41, 5.74) is 0.849. The molecule has 1 fully saturated rings. The van der Waals surface area contributed by atoms with Crippen LogP contribution in [0.3, 0.4) is 0 Å². The van der Waals surface area contributed by atoms with Gasteiger partial charge in [0, 0.05) is 0 Å². The van der Waals surface area contributed by atoms with Crippen molar-refractivity contribution in [2.75, 3.05) is 9.86 Å². The average molecular weight is 388 g/mol. The predicted molar refractivity (Wildman–Crippen MR) is 93.3 cm³/mol. The Morgan fingerprint density at radius 1 is 1.15 bits per heavy atom. The summed E-state index contributed by atoms with van der Waals surface area (Å²) in [6.07, 6.45) is 6.57. The number of hydrogen-bond acceptors (Lipinski definition) is 2. The van der Waals surface area contributed by atoms with Crippen LogP contribution in [0.25, 0.3) is 0 Å². The second-order valence-corrected chi connectivity index (χ2v) is 11.0. The van der Waals surface area contributed by atoms with Gasteiger partial charge < -0.3 is 0 Å². The van der Waals surface area contributed by atoms with Crippen molar-refractivity contribution in [3.05, 3.63) is 29.8 Å². The van der Waals surface area contributed by atoms with E-state index in [9.17, 15) is 4.79 Å². The van der Waals surface area contributed by atoms with E-state index < -0.39 is 19.8 Å². The summed E-state index contributed by atoms with van der Waals surface area (Å²) in [6.45, 7) is 2.28. The first-order chi connectivity index (χ1) is 9.60. The van der Waals surface area contributed by atoms with Crippen LogP contribution < -0.4 is 4.74 Å². The maximum absolute atomic E-state index is 11.9. The van der Waals surface area contributed by atoms with Crippen LogP contribution in [0.15, 0.2) is 24.3 Å². The molecule has 0 aliphatic heterocycles. The maximum atomic E-state index is 11.9. The third-order valence-corrected chi connectivity index (χ3v) is 6.68. The molecule has 20 heavy (non-hydrogen) atoms. The Hall–Kier alpha value is -0.580. The zero-order valence-corrected chi connectivity index (χ0v) is 14.9. The van der Waals surface area contributed by atoms with Crippen LogP contribution in [0.5, 0.6) is 5.75 Å². The molecule has 0 radical (unpaired) electrons. The predicted octanol–water partition coefficient (Wildman–Crippen LogP) is 4.94. The van der Waals surface area contributed by atoms with Crippen LogP contribution in [0.1, 0.15) is 49.4 Å². The fourth-order valence-electron chi connectivity index (χ4n) is 2.73. The Morgan fingerprint density at radius 3 is 2.25 bits per heavy atom. The van der Waals surface area contributed by atoms with Gasteiger partial charge >= 0.3 is 130 Å². The number of carbonyl (C=O) groups is 1. The molecule has 0 saturated heterocycles. The van der Waals surface area contributed by atoms with E-state index >= 15 is 0 Å². The molecule has 0 amide bonds. The quantitative estimate of drug-likeness (QED) is 0.406. The summed E-state index contributed by atoms with van der Waals surface area (Å²) in [7, 11) is 0. The van der Waals surface area contributed by atoms with Crippen molar-refractivity contribution in [2.24, 2.45) is 5.92 Å². The first-order valence-corrected chi connectivity index (χ1v) is 12.8. The van der Waals surface area contributed by atoms with E-state index in [0.717, 1.165) is 17.2 Å². The Bertz CT molecular complexity index is 431. The standard InChI is InChI=1S/C17H25IO2/c1-4-13-5-9-15(10-6-13)20-16-11-7-14(8-12-16)17(19)18(2)3/h7-8,11-13,15H,4-6,9-10H2,1-3H3. The molecule has 0 unspecified atom stereocenters. The summed E-state index contributed by atoms with van der Waals surface area (Å²) in [5, 5.41) is 0. The molecule has 3 heteroatoms. The fourth-order valence-corrected chi connectivity index (χ4v) is 4.34. The van der Waals surface area contributed by atoms with Gasteiger partial charge in [0.2, 0.25) is 0 Å². The normalized spacial score (nSPS) is 23.2. The van der Waals surface area contributed by atoms with Crippen LogP contribution in [0.2, 0.25) is 0 Å². The third kappa shape index (κ3) is 4.21. The van der Waals surface area contributed by atoms with Crippen molar-refractivity contribution in [1.29, 1.82) is 0 Å². The molecule has 0 bridgehead atoms. The molecule has 0 aromatic heterocycles. The number of benzene rings is 1. The average Bonchev–Trinajstić information content (AvgIpc) is 2.48. The summed E-state index contributed by atoms with van der Waals surface area (Å²) in [6, 6.07) is 7.76. The van der Waals surface area contributed by atoms with Crippen molar-refractivity contribution in [3.8, 4) is 5.75 Å². The van der Waals surface area contributed by atoms with Crippen molar-refractivity contribution in [1.82, 2.24) is 0 Å². The van der Waals surface area contributed by atoms with Crippen molar-refractivity contribution < 1.29 is 9.53 Å². The van der Waals surface area contributed by atoms with Gasteiger partial charge in [0.05, 0.1) is 0 Å². The van der Waals surface area contributed by atoms with Crippen molar-refractivity contribution in [3.63, 3.8) is 0 Å². The summed E-state index contributed by atoms with van der Waals surface area (Å²) < 4.78 is 6.40. The van der Waals surface area contributed by atoms with Gasteiger partial charge in [-0.05, 0) is 0 Å². The van der Waals surface area contributed by atoms with Gasteiger partial charge in [0.15, 0.2) is 0 Å². The number of hydrogen-bond donors (Lipinski definition) is 0. The summed E-state index contributed by atoms with van der Waals surface area (Å²) in [5.74, 6) is 1.81. The van der Waals surface area contributed by atoms with Crippen molar-refractivity contribution >= 4 is 23.6 Å². The van der Waals surface area contributed by atoms with Gasteiger partial charge in [-0.1, -0.05) is 0 Å². The molecule has 1 saturated carbocycles. The van der Waals surface area contributed by atoms with Gasteiger partial charge in [0.1, 0.15) is 0 Å². The molecule has 2 nitrogen and oxygen atoms in total. The van der Waals surface area contributed by atoms with Gasteiger partial charge in [-0.3, -0.25) is 0 Å². The molecule has 1 aliphatic carbocycles. The number of ether oxygens (including phenoxy) is 1.